The molecule has 0 fully saturated rings. The van der Waals surface area contributed by atoms with Gasteiger partial charge in [-0.1, -0.05) is 42.5 Å². The lowest BCUT2D eigenvalue weighted by molar-refractivity contribution is 0.415. The number of benzene rings is 2. The van der Waals surface area contributed by atoms with Crippen LogP contribution in [0.5, 0.6) is 0 Å². The summed E-state index contributed by atoms with van der Waals surface area (Å²) in [5.41, 5.74) is 5.00. The predicted octanol–water partition coefficient (Wildman–Crippen LogP) is 4.51. The number of hydrogen-bond donors (Lipinski definition) is 1. The van der Waals surface area contributed by atoms with Gasteiger partial charge < -0.3 is 9.88 Å². The predicted molar refractivity (Wildman–Crippen MR) is 103 cm³/mol. The van der Waals surface area contributed by atoms with Crippen molar-refractivity contribution in [1.29, 1.82) is 0 Å². The van der Waals surface area contributed by atoms with E-state index in [1.165, 1.54) is 25.6 Å². The molecule has 0 saturated heterocycles. The van der Waals surface area contributed by atoms with Crippen molar-refractivity contribution >= 4 is 50.7 Å². The van der Waals surface area contributed by atoms with Crippen LogP contribution < -0.4 is 0 Å². The minimum Gasteiger partial charge on any atom is -0.356 e. The Balaban J connectivity index is 1.70. The number of H-pyrrole nitrogens is 1. The molecule has 0 unspecified atom stereocenters. The molecule has 0 spiro atoms. The fourth-order valence-corrected chi connectivity index (χ4v) is 3.94. The molecule has 0 aliphatic carbocycles. The zero-order valence-corrected chi connectivity index (χ0v) is 14.9. The Morgan fingerprint density at radius 2 is 1.95 bits per heavy atom. The van der Waals surface area contributed by atoms with E-state index in [1.807, 2.05) is 0 Å². The van der Waals surface area contributed by atoms with Crippen LogP contribution in [0.1, 0.15) is 16.8 Å². The van der Waals surface area contributed by atoms with Crippen LogP contribution >= 0.6 is 34.8 Å². The number of aromatic amines is 1. The van der Waals surface area contributed by atoms with Crippen molar-refractivity contribution in [3.8, 4) is 0 Å². The van der Waals surface area contributed by atoms with Gasteiger partial charge in [0.25, 0.3) is 0 Å². The standard InChI is InChI=1S/C18H15IN2S/c19-13-6-7-16-15(10-13)14-8-9-21(18(22)17(14)20-16)11-12-4-2-1-3-5-12/h1-7,10,20H,8-9,11H2. The largest absolute Gasteiger partial charge is 0.356 e. The van der Waals surface area contributed by atoms with Crippen LogP contribution in [-0.4, -0.2) is 21.4 Å². The molecule has 0 bridgehead atoms. The van der Waals surface area contributed by atoms with Crippen LogP contribution in [0.3, 0.4) is 0 Å². The molecule has 4 heteroatoms. The van der Waals surface area contributed by atoms with E-state index in [9.17, 15) is 0 Å². The van der Waals surface area contributed by atoms with Crippen molar-refractivity contribution in [2.75, 3.05) is 6.54 Å². The van der Waals surface area contributed by atoms with Gasteiger partial charge >= 0.3 is 0 Å². The normalized spacial score (nSPS) is 14.4. The van der Waals surface area contributed by atoms with Crippen LogP contribution in [0.4, 0.5) is 0 Å². The first-order valence-corrected chi connectivity index (χ1v) is 8.84. The molecule has 2 heterocycles. The quantitative estimate of drug-likeness (QED) is 0.488. The molecule has 2 nitrogen and oxygen atoms in total. The van der Waals surface area contributed by atoms with Gasteiger partial charge in [0, 0.05) is 27.6 Å². The minimum absolute atomic E-state index is 0.881. The van der Waals surface area contributed by atoms with Crippen LogP contribution in [-0.2, 0) is 13.0 Å². The lowest BCUT2D eigenvalue weighted by Gasteiger charge is -2.29. The van der Waals surface area contributed by atoms with E-state index in [-0.39, 0.29) is 0 Å². The molecule has 2 aromatic carbocycles. The maximum absolute atomic E-state index is 5.75. The van der Waals surface area contributed by atoms with Crippen molar-refractivity contribution in [1.82, 2.24) is 9.88 Å². The molecular formula is C18H15IN2S. The number of halogens is 1. The van der Waals surface area contributed by atoms with Crippen molar-refractivity contribution < 1.29 is 0 Å². The summed E-state index contributed by atoms with van der Waals surface area (Å²) in [5.74, 6) is 0. The third-order valence-electron chi connectivity index (χ3n) is 4.22. The number of hydrogen-bond acceptors (Lipinski definition) is 1. The van der Waals surface area contributed by atoms with Gasteiger partial charge in [0.05, 0.1) is 5.69 Å². The molecule has 1 aromatic heterocycles. The van der Waals surface area contributed by atoms with Crippen LogP contribution in [0.25, 0.3) is 10.9 Å². The second-order valence-corrected chi connectivity index (χ2v) is 7.26. The van der Waals surface area contributed by atoms with E-state index in [1.54, 1.807) is 0 Å². The summed E-state index contributed by atoms with van der Waals surface area (Å²) < 4.78 is 1.27. The molecule has 0 atom stereocenters. The van der Waals surface area contributed by atoms with Crippen LogP contribution in [0.15, 0.2) is 48.5 Å². The van der Waals surface area contributed by atoms with Gasteiger partial charge in [-0.15, -0.1) is 0 Å². The molecule has 1 aliphatic heterocycles. The highest BCUT2D eigenvalue weighted by molar-refractivity contribution is 14.1. The van der Waals surface area contributed by atoms with E-state index in [0.717, 1.165) is 30.2 Å². The maximum atomic E-state index is 5.75. The second kappa shape index (κ2) is 5.66. The summed E-state index contributed by atoms with van der Waals surface area (Å²) in [5, 5.41) is 1.32. The summed E-state index contributed by atoms with van der Waals surface area (Å²) >= 11 is 8.12. The molecule has 1 N–H and O–H groups in total. The number of thiocarbonyl (C=S) groups is 1. The molecule has 0 radical (unpaired) electrons. The molecule has 22 heavy (non-hydrogen) atoms. The first kappa shape index (κ1) is 14.2. The molecule has 110 valence electrons. The fraction of sp³-hybridized carbons (Fsp3) is 0.167. The van der Waals surface area contributed by atoms with Crippen molar-refractivity contribution in [3.05, 3.63) is 68.9 Å². The Bertz CT molecular complexity index is 854. The molecule has 0 saturated carbocycles. The Labute approximate surface area is 148 Å². The third kappa shape index (κ3) is 2.44. The number of aromatic nitrogens is 1. The van der Waals surface area contributed by atoms with E-state index >= 15 is 0 Å². The highest BCUT2D eigenvalue weighted by atomic mass is 127. The molecule has 4 rings (SSSR count). The molecule has 0 amide bonds. The van der Waals surface area contributed by atoms with Gasteiger partial charge in [0.15, 0.2) is 0 Å². The topological polar surface area (TPSA) is 19.0 Å². The van der Waals surface area contributed by atoms with E-state index < -0.39 is 0 Å². The number of fused-ring (bicyclic) bond motifs is 3. The summed E-state index contributed by atoms with van der Waals surface area (Å²) in [7, 11) is 0. The Hall–Kier alpha value is -1.40. The molecule has 3 aromatic rings. The maximum Gasteiger partial charge on any atom is 0.126 e. The highest BCUT2D eigenvalue weighted by Crippen LogP contribution is 2.29. The Kier molecular flexibility index (Phi) is 3.66. The number of nitrogens with one attached hydrogen (secondary N) is 1. The van der Waals surface area contributed by atoms with Gasteiger partial charge in [-0.05, 0) is 58.3 Å². The van der Waals surface area contributed by atoms with Gasteiger partial charge in [-0.3, -0.25) is 0 Å². The van der Waals surface area contributed by atoms with Gasteiger partial charge in [-0.25, -0.2) is 0 Å². The van der Waals surface area contributed by atoms with Crippen LogP contribution in [0, 0.1) is 3.57 Å². The van der Waals surface area contributed by atoms with Crippen LogP contribution in [0.2, 0.25) is 0 Å². The average molecular weight is 418 g/mol. The van der Waals surface area contributed by atoms with Crippen molar-refractivity contribution in [2.45, 2.75) is 13.0 Å². The molecule has 1 aliphatic rings. The van der Waals surface area contributed by atoms with Crippen molar-refractivity contribution in [3.63, 3.8) is 0 Å². The molecular weight excluding hydrogens is 403 g/mol. The average Bonchev–Trinajstić information content (AvgIpc) is 2.90. The van der Waals surface area contributed by atoms with E-state index in [4.69, 9.17) is 12.2 Å². The zero-order valence-electron chi connectivity index (χ0n) is 12.0. The number of nitrogens with zero attached hydrogens (tertiary/aromatic N) is 1. The second-order valence-electron chi connectivity index (χ2n) is 5.63. The SMILES string of the molecule is S=C1c2[nH]c3ccc(I)cc3c2CCN1Cc1ccccc1. The summed E-state index contributed by atoms with van der Waals surface area (Å²) in [6.07, 6.45) is 1.04. The summed E-state index contributed by atoms with van der Waals surface area (Å²) in [6.45, 7) is 1.87. The van der Waals surface area contributed by atoms with Gasteiger partial charge in [0.2, 0.25) is 0 Å². The fourth-order valence-electron chi connectivity index (χ4n) is 3.12. The Morgan fingerprint density at radius 3 is 2.77 bits per heavy atom. The highest BCUT2D eigenvalue weighted by Gasteiger charge is 2.24. The van der Waals surface area contributed by atoms with Gasteiger partial charge in [-0.2, -0.15) is 0 Å². The lowest BCUT2D eigenvalue weighted by atomic mass is 10.0. The smallest absolute Gasteiger partial charge is 0.126 e. The lowest BCUT2D eigenvalue weighted by Crippen LogP contribution is -2.36. The van der Waals surface area contributed by atoms with Crippen molar-refractivity contribution in [2.24, 2.45) is 0 Å². The third-order valence-corrected chi connectivity index (χ3v) is 5.35. The first-order chi connectivity index (χ1) is 10.7. The summed E-state index contributed by atoms with van der Waals surface area (Å²) in [4.78, 5) is 6.76. The summed E-state index contributed by atoms with van der Waals surface area (Å²) in [6, 6.07) is 17.1. The minimum atomic E-state index is 0.881. The Morgan fingerprint density at radius 1 is 1.14 bits per heavy atom. The van der Waals surface area contributed by atoms with E-state index in [0.29, 0.717) is 0 Å². The van der Waals surface area contributed by atoms with Gasteiger partial charge in [0.1, 0.15) is 4.99 Å². The first-order valence-electron chi connectivity index (χ1n) is 7.35. The monoisotopic (exact) mass is 418 g/mol. The zero-order chi connectivity index (χ0) is 15.1. The van der Waals surface area contributed by atoms with E-state index in [2.05, 4.69) is 81.0 Å². The number of rotatable bonds is 2.